The molecule has 1 amide bonds. The maximum atomic E-state index is 12.2. The molecule has 0 N–H and O–H groups in total. The summed E-state index contributed by atoms with van der Waals surface area (Å²) in [6.07, 6.45) is 0. The van der Waals surface area contributed by atoms with Crippen LogP contribution in [0.1, 0.15) is 5.89 Å². The van der Waals surface area contributed by atoms with Crippen molar-refractivity contribution < 1.29 is 18.8 Å². The van der Waals surface area contributed by atoms with Crippen molar-refractivity contribution in [3.63, 3.8) is 0 Å². The molecule has 0 spiro atoms. The van der Waals surface area contributed by atoms with E-state index in [0.717, 1.165) is 4.88 Å². The number of methoxy groups -OCH3 is 1. The fraction of sp³-hybridized carbons (Fsp3) is 0.235. The molecule has 0 radical (unpaired) electrons. The maximum Gasteiger partial charge on any atom is 0.260 e. The average molecular weight is 359 g/mol. The van der Waals surface area contributed by atoms with Crippen molar-refractivity contribution in [3.05, 3.63) is 47.7 Å². The van der Waals surface area contributed by atoms with E-state index in [1.807, 2.05) is 23.6 Å². The summed E-state index contributed by atoms with van der Waals surface area (Å²) in [5, 5.41) is 5.87. The smallest absolute Gasteiger partial charge is 0.260 e. The van der Waals surface area contributed by atoms with Gasteiger partial charge in [-0.25, -0.2) is 0 Å². The van der Waals surface area contributed by atoms with E-state index in [4.69, 9.17) is 14.0 Å². The Labute approximate surface area is 148 Å². The Bertz CT molecular complexity index is 832. The van der Waals surface area contributed by atoms with Crippen LogP contribution in [0.25, 0.3) is 10.7 Å². The summed E-state index contributed by atoms with van der Waals surface area (Å²) < 4.78 is 15.8. The summed E-state index contributed by atoms with van der Waals surface area (Å²) in [7, 11) is 3.24. The number of nitrogens with zero attached hydrogens (tertiary/aromatic N) is 3. The van der Waals surface area contributed by atoms with E-state index in [1.54, 1.807) is 32.4 Å². The van der Waals surface area contributed by atoms with E-state index in [2.05, 4.69) is 10.1 Å². The second-order valence-electron chi connectivity index (χ2n) is 5.21. The van der Waals surface area contributed by atoms with Crippen LogP contribution in [0, 0.1) is 0 Å². The normalized spacial score (nSPS) is 10.5. The fourth-order valence-electron chi connectivity index (χ4n) is 2.06. The van der Waals surface area contributed by atoms with Crippen molar-refractivity contribution in [2.24, 2.45) is 0 Å². The zero-order chi connectivity index (χ0) is 17.6. The van der Waals surface area contributed by atoms with Crippen LogP contribution in [0.2, 0.25) is 0 Å². The predicted octanol–water partition coefficient (Wildman–Crippen LogP) is 2.84. The number of rotatable bonds is 7. The van der Waals surface area contributed by atoms with Gasteiger partial charge in [-0.15, -0.1) is 11.3 Å². The molecule has 8 heteroatoms. The highest BCUT2D eigenvalue weighted by Gasteiger charge is 2.15. The van der Waals surface area contributed by atoms with Crippen molar-refractivity contribution in [1.82, 2.24) is 15.0 Å². The second-order valence-corrected chi connectivity index (χ2v) is 6.15. The first-order valence-corrected chi connectivity index (χ1v) is 8.41. The quantitative estimate of drug-likeness (QED) is 0.645. The van der Waals surface area contributed by atoms with Crippen LogP contribution in [0.5, 0.6) is 11.5 Å². The molecule has 2 aromatic heterocycles. The zero-order valence-corrected chi connectivity index (χ0v) is 14.7. The van der Waals surface area contributed by atoms with Crippen LogP contribution in [0.3, 0.4) is 0 Å². The van der Waals surface area contributed by atoms with Gasteiger partial charge < -0.3 is 18.9 Å². The van der Waals surface area contributed by atoms with Crippen molar-refractivity contribution in [1.29, 1.82) is 0 Å². The van der Waals surface area contributed by atoms with Gasteiger partial charge in [0.05, 0.1) is 18.5 Å². The standard InChI is InChI=1S/C17H17N3O4S/c1-20(10-15-18-17(19-24-15)14-7-4-8-25-14)16(21)11-23-13-6-3-5-12(9-13)22-2/h3-9H,10-11H2,1-2H3. The van der Waals surface area contributed by atoms with Gasteiger partial charge in [0.25, 0.3) is 5.91 Å². The fourth-order valence-corrected chi connectivity index (χ4v) is 2.71. The molecule has 0 aliphatic heterocycles. The third kappa shape index (κ3) is 4.36. The Hall–Kier alpha value is -2.87. The number of aromatic nitrogens is 2. The van der Waals surface area contributed by atoms with Crippen molar-refractivity contribution >= 4 is 17.2 Å². The summed E-state index contributed by atoms with van der Waals surface area (Å²) >= 11 is 1.53. The van der Waals surface area contributed by atoms with Crippen LogP contribution in [-0.4, -0.2) is 41.7 Å². The number of likely N-dealkylation sites (N-methyl/N-ethyl adjacent to an activating group) is 1. The Morgan fingerprint density at radius 1 is 1.28 bits per heavy atom. The van der Waals surface area contributed by atoms with E-state index in [9.17, 15) is 4.79 Å². The number of hydrogen-bond donors (Lipinski definition) is 0. The first-order valence-electron chi connectivity index (χ1n) is 7.53. The molecule has 0 aliphatic carbocycles. The molecular weight excluding hydrogens is 342 g/mol. The summed E-state index contributed by atoms with van der Waals surface area (Å²) in [6, 6.07) is 10.9. The molecule has 0 bridgehead atoms. The first kappa shape index (κ1) is 17.0. The van der Waals surface area contributed by atoms with Gasteiger partial charge in [0, 0.05) is 13.1 Å². The molecule has 0 fully saturated rings. The van der Waals surface area contributed by atoms with E-state index in [0.29, 0.717) is 23.2 Å². The number of ether oxygens (including phenoxy) is 2. The zero-order valence-electron chi connectivity index (χ0n) is 13.8. The highest BCUT2D eigenvalue weighted by Crippen LogP contribution is 2.21. The summed E-state index contributed by atoms with van der Waals surface area (Å²) in [5.74, 6) is 1.95. The van der Waals surface area contributed by atoms with Gasteiger partial charge >= 0.3 is 0 Å². The minimum absolute atomic E-state index is 0.0877. The van der Waals surface area contributed by atoms with Gasteiger partial charge in [0.1, 0.15) is 11.5 Å². The number of amides is 1. The largest absolute Gasteiger partial charge is 0.497 e. The van der Waals surface area contributed by atoms with Gasteiger partial charge in [-0.1, -0.05) is 17.3 Å². The Morgan fingerprint density at radius 3 is 2.88 bits per heavy atom. The molecule has 0 atom stereocenters. The van der Waals surface area contributed by atoms with Gasteiger partial charge in [-0.3, -0.25) is 4.79 Å². The van der Waals surface area contributed by atoms with Gasteiger partial charge in [0.2, 0.25) is 11.7 Å². The lowest BCUT2D eigenvalue weighted by Crippen LogP contribution is -2.31. The molecule has 1 aromatic carbocycles. The summed E-state index contributed by atoms with van der Waals surface area (Å²) in [5.41, 5.74) is 0. The monoisotopic (exact) mass is 359 g/mol. The molecule has 0 saturated carbocycles. The van der Waals surface area contributed by atoms with Gasteiger partial charge in [0.15, 0.2) is 6.61 Å². The Morgan fingerprint density at radius 2 is 2.12 bits per heavy atom. The molecule has 0 unspecified atom stereocenters. The molecule has 25 heavy (non-hydrogen) atoms. The van der Waals surface area contributed by atoms with Crippen molar-refractivity contribution in [2.45, 2.75) is 6.54 Å². The van der Waals surface area contributed by atoms with Gasteiger partial charge in [-0.2, -0.15) is 4.98 Å². The number of thiophene rings is 1. The minimum Gasteiger partial charge on any atom is -0.497 e. The number of carbonyl (C=O) groups excluding carboxylic acids is 1. The summed E-state index contributed by atoms with van der Waals surface area (Å²) in [6.45, 7) is 0.133. The van der Waals surface area contributed by atoms with E-state index in [1.165, 1.54) is 16.2 Å². The first-order chi connectivity index (χ1) is 12.2. The van der Waals surface area contributed by atoms with E-state index < -0.39 is 0 Å². The lowest BCUT2D eigenvalue weighted by atomic mass is 10.3. The van der Waals surface area contributed by atoms with Crippen molar-refractivity contribution in [2.75, 3.05) is 20.8 Å². The molecule has 0 aliphatic rings. The molecule has 2 heterocycles. The number of carbonyl (C=O) groups is 1. The SMILES string of the molecule is COc1cccc(OCC(=O)N(C)Cc2nc(-c3cccs3)no2)c1. The van der Waals surface area contributed by atoms with Crippen LogP contribution in [-0.2, 0) is 11.3 Å². The lowest BCUT2D eigenvalue weighted by Gasteiger charge is -2.15. The minimum atomic E-state index is -0.196. The van der Waals surface area contributed by atoms with Crippen LogP contribution < -0.4 is 9.47 Å². The Kier molecular flexibility index (Phi) is 5.30. The third-order valence-corrected chi connectivity index (χ3v) is 4.28. The highest BCUT2D eigenvalue weighted by molar-refractivity contribution is 7.13. The van der Waals surface area contributed by atoms with Crippen LogP contribution in [0.15, 0.2) is 46.3 Å². The summed E-state index contributed by atoms with van der Waals surface area (Å²) in [4.78, 5) is 18.9. The molecular formula is C17H17N3O4S. The van der Waals surface area contributed by atoms with Crippen LogP contribution >= 0.6 is 11.3 Å². The van der Waals surface area contributed by atoms with Crippen molar-refractivity contribution in [3.8, 4) is 22.2 Å². The third-order valence-electron chi connectivity index (χ3n) is 3.41. The maximum absolute atomic E-state index is 12.2. The second kappa shape index (κ2) is 7.80. The van der Waals surface area contributed by atoms with E-state index >= 15 is 0 Å². The molecule has 7 nitrogen and oxygen atoms in total. The number of benzene rings is 1. The lowest BCUT2D eigenvalue weighted by molar-refractivity contribution is -0.132. The van der Waals surface area contributed by atoms with Gasteiger partial charge in [-0.05, 0) is 23.6 Å². The topological polar surface area (TPSA) is 77.7 Å². The molecule has 3 rings (SSSR count). The molecule has 130 valence electrons. The Balaban J connectivity index is 1.54. The number of hydrogen-bond acceptors (Lipinski definition) is 7. The average Bonchev–Trinajstić information content (AvgIpc) is 3.31. The van der Waals surface area contributed by atoms with E-state index in [-0.39, 0.29) is 19.1 Å². The predicted molar refractivity (Wildman–Crippen MR) is 92.6 cm³/mol. The highest BCUT2D eigenvalue weighted by atomic mass is 32.1. The molecule has 0 saturated heterocycles. The molecule has 3 aromatic rings. The van der Waals surface area contributed by atoms with Crippen LogP contribution in [0.4, 0.5) is 0 Å².